The molecule has 2 bridgehead atoms. The lowest BCUT2D eigenvalue weighted by Crippen LogP contribution is -2.50. The zero-order valence-corrected chi connectivity index (χ0v) is 17.9. The SMILES string of the molecule is CCCCCC[C@H]1OC(=O)[C@H]2[C@@H]1OC(=O)[C@@]21CC2c3ccccc3C1c1ccccc12. The van der Waals surface area contributed by atoms with Crippen molar-refractivity contribution in [2.75, 3.05) is 0 Å². The van der Waals surface area contributed by atoms with Crippen molar-refractivity contribution in [3.8, 4) is 0 Å². The van der Waals surface area contributed by atoms with Crippen LogP contribution in [0.3, 0.4) is 0 Å². The number of unbranched alkanes of at least 4 members (excludes halogenated alkanes) is 3. The topological polar surface area (TPSA) is 52.6 Å². The number of carbonyl (C=O) groups is 2. The highest BCUT2D eigenvalue weighted by Crippen LogP contribution is 2.67. The number of hydrogen-bond donors (Lipinski definition) is 0. The van der Waals surface area contributed by atoms with Crippen LogP contribution in [0.4, 0.5) is 0 Å². The molecule has 0 amide bonds. The van der Waals surface area contributed by atoms with E-state index in [2.05, 4.69) is 43.3 Å². The van der Waals surface area contributed by atoms with E-state index in [0.29, 0.717) is 6.42 Å². The summed E-state index contributed by atoms with van der Waals surface area (Å²) in [5, 5.41) is 0. The summed E-state index contributed by atoms with van der Waals surface area (Å²) in [4.78, 5) is 26.8. The first-order valence-electron chi connectivity index (χ1n) is 11.8. The lowest BCUT2D eigenvalue weighted by molar-refractivity contribution is -0.162. The Labute approximate surface area is 182 Å². The minimum Gasteiger partial charge on any atom is -0.458 e. The number of hydrogen-bond acceptors (Lipinski definition) is 4. The van der Waals surface area contributed by atoms with Crippen molar-refractivity contribution in [1.29, 1.82) is 0 Å². The summed E-state index contributed by atoms with van der Waals surface area (Å²) in [6, 6.07) is 16.8. The Morgan fingerprint density at radius 2 is 1.52 bits per heavy atom. The average Bonchev–Trinajstić information content (AvgIpc) is 3.26. The second-order valence-corrected chi connectivity index (χ2v) is 9.66. The molecule has 3 aliphatic carbocycles. The summed E-state index contributed by atoms with van der Waals surface area (Å²) in [5.74, 6) is -0.986. The molecule has 7 rings (SSSR count). The lowest BCUT2D eigenvalue weighted by Gasteiger charge is -2.50. The minimum absolute atomic E-state index is 0.111. The van der Waals surface area contributed by atoms with E-state index in [-0.39, 0.29) is 29.9 Å². The first-order chi connectivity index (χ1) is 15.2. The highest BCUT2D eigenvalue weighted by atomic mass is 16.6. The van der Waals surface area contributed by atoms with Crippen molar-refractivity contribution in [3.05, 3.63) is 70.8 Å². The molecule has 2 aromatic carbocycles. The lowest BCUT2D eigenvalue weighted by atomic mass is 9.48. The number of cyclic esters (lactones) is 1. The van der Waals surface area contributed by atoms with Crippen molar-refractivity contribution in [2.24, 2.45) is 11.3 Å². The first-order valence-corrected chi connectivity index (χ1v) is 11.8. The standard InChI is InChI=1S/C27H28O4/c1-2-3-4-5-14-21-24-23(25(28)30-21)27(26(29)31-24)15-20-16-10-6-8-12-18(16)22(27)19-13-9-7-11-17(19)20/h6-13,20-24H,2-5,14-15H2,1H3/t20?,21-,22?,23-,24-,27-/m1/s1. The zero-order valence-electron chi connectivity index (χ0n) is 17.9. The van der Waals surface area contributed by atoms with E-state index in [1.54, 1.807) is 0 Å². The molecule has 1 spiro atoms. The van der Waals surface area contributed by atoms with Crippen LogP contribution in [0.1, 0.15) is 79.5 Å². The third-order valence-electron chi connectivity index (χ3n) is 8.16. The van der Waals surface area contributed by atoms with Gasteiger partial charge in [0, 0.05) is 11.8 Å². The average molecular weight is 417 g/mol. The Hall–Kier alpha value is -2.62. The molecule has 0 N–H and O–H groups in total. The maximum Gasteiger partial charge on any atom is 0.314 e. The van der Waals surface area contributed by atoms with Crippen LogP contribution in [-0.4, -0.2) is 24.1 Å². The number of ether oxygens (including phenoxy) is 2. The van der Waals surface area contributed by atoms with Gasteiger partial charge in [-0.15, -0.1) is 0 Å². The molecular formula is C27H28O4. The maximum absolute atomic E-state index is 13.6. The molecule has 5 aliphatic rings. The third kappa shape index (κ3) is 2.48. The third-order valence-corrected chi connectivity index (χ3v) is 8.16. The van der Waals surface area contributed by atoms with Crippen LogP contribution in [-0.2, 0) is 19.1 Å². The van der Waals surface area contributed by atoms with Gasteiger partial charge in [-0.2, -0.15) is 0 Å². The van der Waals surface area contributed by atoms with E-state index in [1.807, 2.05) is 12.1 Å². The van der Waals surface area contributed by atoms with Gasteiger partial charge in [-0.25, -0.2) is 0 Å². The summed E-state index contributed by atoms with van der Waals surface area (Å²) >= 11 is 0. The fourth-order valence-electron chi connectivity index (χ4n) is 6.90. The predicted octanol–water partition coefficient (Wildman–Crippen LogP) is 5.09. The Morgan fingerprint density at radius 3 is 2.16 bits per heavy atom. The van der Waals surface area contributed by atoms with Crippen molar-refractivity contribution >= 4 is 11.9 Å². The fraction of sp³-hybridized carbons (Fsp3) is 0.481. The molecule has 4 nitrogen and oxygen atoms in total. The molecule has 2 aromatic rings. The number of rotatable bonds is 5. The molecular weight excluding hydrogens is 388 g/mol. The van der Waals surface area contributed by atoms with Crippen molar-refractivity contribution in [3.63, 3.8) is 0 Å². The van der Waals surface area contributed by atoms with Gasteiger partial charge in [0.15, 0.2) is 6.10 Å². The molecule has 31 heavy (non-hydrogen) atoms. The van der Waals surface area contributed by atoms with E-state index < -0.39 is 17.4 Å². The van der Waals surface area contributed by atoms with Crippen LogP contribution < -0.4 is 0 Å². The maximum atomic E-state index is 13.6. The van der Waals surface area contributed by atoms with Gasteiger partial charge in [0.05, 0.1) is 5.41 Å². The Bertz CT molecular complexity index is 1010. The number of carbonyl (C=O) groups excluding carboxylic acids is 2. The van der Waals surface area contributed by atoms with Crippen LogP contribution in [0.5, 0.6) is 0 Å². The Morgan fingerprint density at radius 1 is 0.871 bits per heavy atom. The quantitative estimate of drug-likeness (QED) is 0.503. The molecule has 4 atom stereocenters. The van der Waals surface area contributed by atoms with Crippen LogP contribution >= 0.6 is 0 Å². The van der Waals surface area contributed by atoms with Crippen LogP contribution in [0.15, 0.2) is 48.5 Å². The van der Waals surface area contributed by atoms with E-state index in [0.717, 1.165) is 25.7 Å². The second-order valence-electron chi connectivity index (χ2n) is 9.66. The molecule has 0 aromatic heterocycles. The molecule has 0 unspecified atom stereocenters. The largest absolute Gasteiger partial charge is 0.458 e. The number of esters is 2. The Balaban J connectivity index is 1.42. The van der Waals surface area contributed by atoms with Crippen molar-refractivity contribution < 1.29 is 19.1 Å². The molecule has 0 radical (unpaired) electrons. The number of benzene rings is 2. The normalized spacial score (nSPS) is 34.3. The molecule has 2 saturated heterocycles. The van der Waals surface area contributed by atoms with Gasteiger partial charge in [0.1, 0.15) is 12.0 Å². The highest BCUT2D eigenvalue weighted by Gasteiger charge is 2.72. The second kappa shape index (κ2) is 6.94. The molecule has 160 valence electrons. The molecule has 2 heterocycles. The Kier molecular flexibility index (Phi) is 4.28. The summed E-state index contributed by atoms with van der Waals surface area (Å²) in [6.45, 7) is 2.18. The highest BCUT2D eigenvalue weighted by molar-refractivity contribution is 5.93. The van der Waals surface area contributed by atoms with E-state index >= 15 is 0 Å². The van der Waals surface area contributed by atoms with Gasteiger partial charge in [-0.05, 0) is 41.5 Å². The molecule has 2 fully saturated rings. The van der Waals surface area contributed by atoms with Gasteiger partial charge < -0.3 is 9.47 Å². The molecule has 4 heteroatoms. The van der Waals surface area contributed by atoms with E-state index in [9.17, 15) is 9.59 Å². The zero-order chi connectivity index (χ0) is 21.2. The van der Waals surface area contributed by atoms with E-state index in [1.165, 1.54) is 28.7 Å². The van der Waals surface area contributed by atoms with Gasteiger partial charge in [0.25, 0.3) is 0 Å². The van der Waals surface area contributed by atoms with Crippen LogP contribution in [0.25, 0.3) is 0 Å². The van der Waals surface area contributed by atoms with Gasteiger partial charge >= 0.3 is 11.9 Å². The van der Waals surface area contributed by atoms with Crippen molar-refractivity contribution in [1.82, 2.24) is 0 Å². The smallest absolute Gasteiger partial charge is 0.314 e. The minimum atomic E-state index is -0.854. The molecule has 0 saturated carbocycles. The summed E-state index contributed by atoms with van der Waals surface area (Å²) in [6.07, 6.45) is 5.11. The van der Waals surface area contributed by atoms with Crippen molar-refractivity contribution in [2.45, 2.75) is 69.5 Å². The summed E-state index contributed by atoms with van der Waals surface area (Å²) < 4.78 is 11.9. The first kappa shape index (κ1) is 19.1. The van der Waals surface area contributed by atoms with Gasteiger partial charge in [-0.1, -0.05) is 74.7 Å². The van der Waals surface area contributed by atoms with Crippen LogP contribution in [0, 0.1) is 11.3 Å². The number of fused-ring (bicyclic) bond motifs is 1. The summed E-state index contributed by atoms with van der Waals surface area (Å²) in [5.41, 5.74) is 4.07. The van der Waals surface area contributed by atoms with Gasteiger partial charge in [-0.3, -0.25) is 9.59 Å². The van der Waals surface area contributed by atoms with E-state index in [4.69, 9.17) is 9.47 Å². The summed E-state index contributed by atoms with van der Waals surface area (Å²) in [7, 11) is 0. The van der Waals surface area contributed by atoms with Gasteiger partial charge in [0.2, 0.25) is 0 Å². The molecule has 2 aliphatic heterocycles. The van der Waals surface area contributed by atoms with Crippen LogP contribution in [0.2, 0.25) is 0 Å². The monoisotopic (exact) mass is 416 g/mol. The predicted molar refractivity (Wildman–Crippen MR) is 116 cm³/mol. The fourth-order valence-corrected chi connectivity index (χ4v) is 6.90.